The van der Waals surface area contributed by atoms with Gasteiger partial charge in [-0.3, -0.25) is 4.98 Å². The molecule has 0 aromatic carbocycles. The second-order valence-corrected chi connectivity index (χ2v) is 7.51. The first-order valence-electron chi connectivity index (χ1n) is 7.38. The Bertz CT molecular complexity index is 530. The van der Waals surface area contributed by atoms with Crippen molar-refractivity contribution in [3.63, 3.8) is 0 Å². The van der Waals surface area contributed by atoms with Gasteiger partial charge in [0.2, 0.25) is 0 Å². The Morgan fingerprint density at radius 2 is 1.81 bits per heavy atom. The predicted molar refractivity (Wildman–Crippen MR) is 85.4 cm³/mol. The average molecular weight is 307 g/mol. The lowest BCUT2D eigenvalue weighted by atomic mass is 9.79. The highest BCUT2D eigenvalue weighted by Crippen LogP contribution is 2.38. The van der Waals surface area contributed by atoms with Gasteiger partial charge in [-0.15, -0.1) is 11.8 Å². The van der Waals surface area contributed by atoms with Crippen LogP contribution in [-0.4, -0.2) is 35.7 Å². The van der Waals surface area contributed by atoms with E-state index >= 15 is 0 Å². The Morgan fingerprint density at radius 3 is 2.33 bits per heavy atom. The Hall–Kier alpha value is -0.715. The van der Waals surface area contributed by atoms with E-state index in [9.17, 15) is 0 Å². The second kappa shape index (κ2) is 5.18. The van der Waals surface area contributed by atoms with Crippen LogP contribution in [0, 0.1) is 0 Å². The molecule has 6 heteroatoms. The van der Waals surface area contributed by atoms with E-state index in [0.29, 0.717) is 6.10 Å². The molecule has 0 amide bonds. The molecule has 0 N–H and O–H groups in total. The summed E-state index contributed by atoms with van der Waals surface area (Å²) in [5.41, 5.74) is 0.268. The summed E-state index contributed by atoms with van der Waals surface area (Å²) >= 11 is 1.64. The largest absolute Gasteiger partial charge is 0.499 e. The molecule has 2 aliphatic rings. The SMILES string of the molecule is CSc1cncc(OC2CC2)c1B1OC(C)(C)C(C)(C)O1. The van der Waals surface area contributed by atoms with E-state index in [2.05, 4.69) is 32.7 Å². The summed E-state index contributed by atoms with van der Waals surface area (Å²) < 4.78 is 18.4. The summed E-state index contributed by atoms with van der Waals surface area (Å²) in [4.78, 5) is 5.33. The van der Waals surface area contributed by atoms with Gasteiger partial charge in [0.1, 0.15) is 5.75 Å². The highest BCUT2D eigenvalue weighted by atomic mass is 32.2. The number of ether oxygens (including phenoxy) is 1. The molecule has 4 nitrogen and oxygen atoms in total. The van der Waals surface area contributed by atoms with Crippen LogP contribution in [0.25, 0.3) is 0 Å². The van der Waals surface area contributed by atoms with Crippen LogP contribution in [0.1, 0.15) is 40.5 Å². The van der Waals surface area contributed by atoms with Crippen LogP contribution in [0.5, 0.6) is 5.75 Å². The van der Waals surface area contributed by atoms with Gasteiger partial charge in [-0.2, -0.15) is 0 Å². The maximum atomic E-state index is 6.19. The minimum atomic E-state index is -0.408. The fraction of sp³-hybridized carbons (Fsp3) is 0.667. The second-order valence-electron chi connectivity index (χ2n) is 6.66. The molecular formula is C15H22BNO3S. The first-order chi connectivity index (χ1) is 9.84. The normalized spacial score (nSPS) is 23.4. The summed E-state index contributed by atoms with van der Waals surface area (Å²) in [6.07, 6.45) is 8.22. The minimum Gasteiger partial charge on any atom is -0.489 e. The van der Waals surface area contributed by atoms with Gasteiger partial charge < -0.3 is 14.0 Å². The molecule has 2 heterocycles. The number of pyridine rings is 1. The summed E-state index contributed by atoms with van der Waals surface area (Å²) in [6, 6.07) is 0. The number of aromatic nitrogens is 1. The monoisotopic (exact) mass is 307 g/mol. The molecule has 1 aliphatic carbocycles. The molecular weight excluding hydrogens is 285 g/mol. The fourth-order valence-electron chi connectivity index (χ4n) is 2.25. The number of hydrogen-bond donors (Lipinski definition) is 0. The highest BCUT2D eigenvalue weighted by molar-refractivity contribution is 7.98. The van der Waals surface area contributed by atoms with Crippen molar-refractivity contribution in [3.8, 4) is 5.75 Å². The summed E-state index contributed by atoms with van der Waals surface area (Å²) in [5.74, 6) is 0.794. The molecule has 114 valence electrons. The van der Waals surface area contributed by atoms with Crippen LogP contribution in [0.4, 0.5) is 0 Å². The minimum absolute atomic E-state index is 0.324. The number of hydrogen-bond acceptors (Lipinski definition) is 5. The smallest absolute Gasteiger partial charge is 0.489 e. The van der Waals surface area contributed by atoms with Gasteiger partial charge in [0, 0.05) is 16.6 Å². The van der Waals surface area contributed by atoms with Crippen LogP contribution in [0.2, 0.25) is 0 Å². The van der Waals surface area contributed by atoms with Gasteiger partial charge in [0.25, 0.3) is 0 Å². The van der Waals surface area contributed by atoms with Crippen molar-refractivity contribution >= 4 is 24.3 Å². The van der Waals surface area contributed by atoms with Gasteiger partial charge in [-0.25, -0.2) is 0 Å². The van der Waals surface area contributed by atoms with Crippen molar-refractivity contribution < 1.29 is 14.0 Å². The standard InChI is InChI=1S/C15H22BNO3S/c1-14(2)15(3,4)20-16(19-14)13-11(18-10-6-7-10)8-17-9-12(13)21-5/h8-10H,6-7H2,1-5H3. The lowest BCUT2D eigenvalue weighted by Crippen LogP contribution is -2.41. The average Bonchev–Trinajstić information content (AvgIpc) is 3.17. The third-order valence-electron chi connectivity index (χ3n) is 4.44. The Labute approximate surface area is 131 Å². The van der Waals surface area contributed by atoms with Gasteiger partial charge in [-0.1, -0.05) is 0 Å². The number of rotatable bonds is 4. The first-order valence-corrected chi connectivity index (χ1v) is 8.61. The molecule has 0 spiro atoms. The fourth-order valence-corrected chi connectivity index (χ4v) is 2.83. The van der Waals surface area contributed by atoms with Crippen molar-refractivity contribution in [1.29, 1.82) is 0 Å². The zero-order valence-electron chi connectivity index (χ0n) is 13.3. The van der Waals surface area contributed by atoms with Gasteiger partial charge >= 0.3 is 7.12 Å². The zero-order chi connectivity index (χ0) is 15.3. The van der Waals surface area contributed by atoms with Crippen LogP contribution >= 0.6 is 11.8 Å². The predicted octanol–water partition coefficient (Wildman–Crippen LogP) is 2.64. The molecule has 21 heavy (non-hydrogen) atoms. The Balaban J connectivity index is 1.97. The zero-order valence-corrected chi connectivity index (χ0v) is 14.1. The molecule has 1 aromatic heterocycles. The molecule has 1 saturated heterocycles. The lowest BCUT2D eigenvalue weighted by molar-refractivity contribution is 0.00578. The molecule has 1 saturated carbocycles. The topological polar surface area (TPSA) is 40.6 Å². The maximum absolute atomic E-state index is 6.19. The van der Waals surface area contributed by atoms with Crippen LogP contribution in [-0.2, 0) is 9.31 Å². The number of thioether (sulfide) groups is 1. The summed E-state index contributed by atoms with van der Waals surface area (Å²) in [7, 11) is -0.408. The van der Waals surface area contributed by atoms with E-state index in [1.54, 1.807) is 18.0 Å². The molecule has 0 bridgehead atoms. The maximum Gasteiger partial charge on any atom is 0.499 e. The van der Waals surface area contributed by atoms with Crippen LogP contribution in [0.3, 0.4) is 0 Å². The molecule has 0 radical (unpaired) electrons. The molecule has 1 aliphatic heterocycles. The molecule has 1 aromatic rings. The highest BCUT2D eigenvalue weighted by Gasteiger charge is 2.53. The lowest BCUT2D eigenvalue weighted by Gasteiger charge is -2.32. The van der Waals surface area contributed by atoms with Crippen molar-refractivity contribution in [1.82, 2.24) is 4.98 Å². The summed E-state index contributed by atoms with van der Waals surface area (Å²) in [5, 5.41) is 0. The van der Waals surface area contributed by atoms with Crippen molar-refractivity contribution in [2.45, 2.75) is 62.7 Å². The Morgan fingerprint density at radius 1 is 1.19 bits per heavy atom. The van der Waals surface area contributed by atoms with E-state index in [1.807, 2.05) is 12.5 Å². The Kier molecular flexibility index (Phi) is 3.75. The van der Waals surface area contributed by atoms with Crippen molar-refractivity contribution in [2.24, 2.45) is 0 Å². The molecule has 3 rings (SSSR count). The van der Waals surface area contributed by atoms with Crippen molar-refractivity contribution in [2.75, 3.05) is 6.26 Å². The van der Waals surface area contributed by atoms with Gasteiger partial charge in [0.05, 0.1) is 23.5 Å². The van der Waals surface area contributed by atoms with Gasteiger partial charge in [0.15, 0.2) is 0 Å². The van der Waals surface area contributed by atoms with E-state index in [-0.39, 0.29) is 11.2 Å². The van der Waals surface area contributed by atoms with E-state index in [4.69, 9.17) is 14.0 Å². The van der Waals surface area contributed by atoms with E-state index in [1.165, 1.54) is 0 Å². The van der Waals surface area contributed by atoms with E-state index < -0.39 is 7.12 Å². The van der Waals surface area contributed by atoms with Crippen LogP contribution < -0.4 is 10.2 Å². The van der Waals surface area contributed by atoms with Gasteiger partial charge in [-0.05, 0) is 46.8 Å². The quantitative estimate of drug-likeness (QED) is 0.632. The third kappa shape index (κ3) is 2.81. The third-order valence-corrected chi connectivity index (χ3v) is 5.21. The summed E-state index contributed by atoms with van der Waals surface area (Å²) in [6.45, 7) is 8.26. The first kappa shape index (κ1) is 15.2. The van der Waals surface area contributed by atoms with E-state index in [0.717, 1.165) is 28.9 Å². The van der Waals surface area contributed by atoms with Crippen molar-refractivity contribution in [3.05, 3.63) is 12.4 Å². The molecule has 0 atom stereocenters. The number of nitrogens with zero attached hydrogens (tertiary/aromatic N) is 1. The molecule has 2 fully saturated rings. The molecule has 0 unspecified atom stereocenters. The van der Waals surface area contributed by atoms with Crippen LogP contribution in [0.15, 0.2) is 17.3 Å².